The molecule has 0 aliphatic carbocycles. The lowest BCUT2D eigenvalue weighted by atomic mass is 9.82. The summed E-state index contributed by atoms with van der Waals surface area (Å²) in [7, 11) is 0. The Kier molecular flexibility index (Phi) is 4.64. The molecular formula is C15H19ClO5. The number of aliphatic carboxylic acids is 1. The fraction of sp³-hybridized carbons (Fsp3) is 0.533. The number of aliphatic hydroxyl groups excluding tert-OH is 1. The Bertz CT molecular complexity index is 541. The molecule has 1 aromatic carbocycles. The SMILES string of the molecule is CC(C)(CC(=O)O)CC(O)c1cc2c(cc1Cl)OCCO2. The second-order valence-corrected chi connectivity index (χ2v) is 6.38. The molecular weight excluding hydrogens is 296 g/mol. The number of halogens is 1. The van der Waals surface area contributed by atoms with E-state index in [9.17, 15) is 9.90 Å². The summed E-state index contributed by atoms with van der Waals surface area (Å²) in [5.74, 6) is 0.225. The summed E-state index contributed by atoms with van der Waals surface area (Å²) in [5, 5.41) is 19.7. The van der Waals surface area contributed by atoms with Gasteiger partial charge in [-0.25, -0.2) is 0 Å². The first-order chi connectivity index (χ1) is 9.78. The fourth-order valence-electron chi connectivity index (χ4n) is 2.45. The highest BCUT2D eigenvalue weighted by molar-refractivity contribution is 6.31. The van der Waals surface area contributed by atoms with Gasteiger partial charge in [0, 0.05) is 11.6 Å². The maximum absolute atomic E-state index is 10.8. The number of rotatable bonds is 5. The molecule has 1 unspecified atom stereocenters. The topological polar surface area (TPSA) is 76.0 Å². The number of hydrogen-bond donors (Lipinski definition) is 2. The summed E-state index contributed by atoms with van der Waals surface area (Å²) in [6.45, 7) is 4.53. The van der Waals surface area contributed by atoms with E-state index in [4.69, 9.17) is 26.2 Å². The lowest BCUT2D eigenvalue weighted by Crippen LogP contribution is -2.21. The number of benzene rings is 1. The van der Waals surface area contributed by atoms with Crippen molar-refractivity contribution < 1.29 is 24.5 Å². The third-order valence-electron chi connectivity index (χ3n) is 3.40. The Labute approximate surface area is 128 Å². The van der Waals surface area contributed by atoms with Crippen molar-refractivity contribution >= 4 is 17.6 Å². The molecule has 0 radical (unpaired) electrons. The van der Waals surface area contributed by atoms with Crippen molar-refractivity contribution in [1.82, 2.24) is 0 Å². The molecule has 0 bridgehead atoms. The van der Waals surface area contributed by atoms with Crippen LogP contribution in [-0.4, -0.2) is 29.4 Å². The smallest absolute Gasteiger partial charge is 0.303 e. The van der Waals surface area contributed by atoms with E-state index < -0.39 is 17.5 Å². The van der Waals surface area contributed by atoms with Gasteiger partial charge in [0.25, 0.3) is 0 Å². The molecule has 0 amide bonds. The van der Waals surface area contributed by atoms with Gasteiger partial charge in [-0.1, -0.05) is 25.4 Å². The highest BCUT2D eigenvalue weighted by atomic mass is 35.5. The molecule has 0 fully saturated rings. The summed E-state index contributed by atoms with van der Waals surface area (Å²) in [6.07, 6.45) is -0.590. The summed E-state index contributed by atoms with van der Waals surface area (Å²) in [5.41, 5.74) is -0.0126. The first-order valence-corrected chi connectivity index (χ1v) is 7.15. The van der Waals surface area contributed by atoms with Crippen molar-refractivity contribution in [3.05, 3.63) is 22.7 Å². The average molecular weight is 315 g/mol. The van der Waals surface area contributed by atoms with Crippen LogP contribution >= 0.6 is 11.6 Å². The Morgan fingerprint density at radius 2 is 1.90 bits per heavy atom. The Morgan fingerprint density at radius 1 is 1.33 bits per heavy atom. The van der Waals surface area contributed by atoms with E-state index in [1.165, 1.54) is 0 Å². The van der Waals surface area contributed by atoms with Crippen LogP contribution in [0.3, 0.4) is 0 Å². The van der Waals surface area contributed by atoms with Crippen LogP contribution in [0.4, 0.5) is 0 Å². The van der Waals surface area contributed by atoms with Gasteiger partial charge in [0.05, 0.1) is 17.5 Å². The predicted molar refractivity (Wildman–Crippen MR) is 78.1 cm³/mol. The molecule has 1 aromatic rings. The molecule has 2 rings (SSSR count). The summed E-state index contributed by atoms with van der Waals surface area (Å²) in [6, 6.07) is 3.29. The first kappa shape index (κ1) is 15.9. The molecule has 1 aliphatic rings. The minimum atomic E-state index is -0.888. The molecule has 21 heavy (non-hydrogen) atoms. The van der Waals surface area contributed by atoms with Crippen LogP contribution in [0.25, 0.3) is 0 Å². The molecule has 0 saturated carbocycles. The third kappa shape index (κ3) is 4.02. The van der Waals surface area contributed by atoms with Gasteiger partial charge in [-0.05, 0) is 17.9 Å². The van der Waals surface area contributed by atoms with Gasteiger partial charge in [0.1, 0.15) is 13.2 Å². The van der Waals surface area contributed by atoms with Crippen molar-refractivity contribution in [3.8, 4) is 11.5 Å². The Hall–Kier alpha value is -1.46. The van der Waals surface area contributed by atoms with Crippen LogP contribution in [0.2, 0.25) is 5.02 Å². The lowest BCUT2D eigenvalue weighted by molar-refractivity contribution is -0.139. The number of carbonyl (C=O) groups is 1. The van der Waals surface area contributed by atoms with Crippen LogP contribution in [-0.2, 0) is 4.79 Å². The number of carboxylic acids is 1. The van der Waals surface area contributed by atoms with Gasteiger partial charge in [-0.15, -0.1) is 0 Å². The Morgan fingerprint density at radius 3 is 2.48 bits per heavy atom. The Balaban J connectivity index is 2.19. The minimum Gasteiger partial charge on any atom is -0.486 e. The summed E-state index contributed by atoms with van der Waals surface area (Å²) in [4.78, 5) is 10.8. The van der Waals surface area contributed by atoms with Crippen LogP contribution in [0, 0.1) is 5.41 Å². The van der Waals surface area contributed by atoms with E-state index in [1.54, 1.807) is 26.0 Å². The third-order valence-corrected chi connectivity index (χ3v) is 3.72. The van der Waals surface area contributed by atoms with Gasteiger partial charge in [-0.2, -0.15) is 0 Å². The van der Waals surface area contributed by atoms with Gasteiger partial charge in [0.2, 0.25) is 0 Å². The molecule has 116 valence electrons. The second kappa shape index (κ2) is 6.12. The number of ether oxygens (including phenoxy) is 2. The largest absolute Gasteiger partial charge is 0.486 e. The van der Waals surface area contributed by atoms with E-state index in [2.05, 4.69) is 0 Å². The van der Waals surface area contributed by atoms with E-state index in [0.717, 1.165) is 0 Å². The zero-order chi connectivity index (χ0) is 15.6. The van der Waals surface area contributed by atoms with Crippen molar-refractivity contribution in [2.24, 2.45) is 5.41 Å². The standard InChI is InChI=1S/C15H19ClO5/c1-15(2,8-14(18)19)7-11(17)9-5-12-13(6-10(9)16)21-4-3-20-12/h5-6,11,17H,3-4,7-8H2,1-2H3,(H,18,19). The van der Waals surface area contributed by atoms with E-state index in [-0.39, 0.29) is 6.42 Å². The molecule has 6 heteroatoms. The molecule has 1 atom stereocenters. The highest BCUT2D eigenvalue weighted by Crippen LogP contribution is 2.41. The summed E-state index contributed by atoms with van der Waals surface area (Å²) >= 11 is 6.18. The van der Waals surface area contributed by atoms with E-state index >= 15 is 0 Å². The molecule has 2 N–H and O–H groups in total. The molecule has 0 spiro atoms. The van der Waals surface area contributed by atoms with Crippen molar-refractivity contribution in [2.75, 3.05) is 13.2 Å². The maximum atomic E-state index is 10.8. The quantitative estimate of drug-likeness (QED) is 0.873. The van der Waals surface area contributed by atoms with E-state index in [0.29, 0.717) is 41.7 Å². The minimum absolute atomic E-state index is 0.0216. The van der Waals surface area contributed by atoms with Crippen molar-refractivity contribution in [2.45, 2.75) is 32.8 Å². The van der Waals surface area contributed by atoms with Gasteiger partial charge in [0.15, 0.2) is 11.5 Å². The highest BCUT2D eigenvalue weighted by Gasteiger charge is 2.28. The van der Waals surface area contributed by atoms with Gasteiger partial charge >= 0.3 is 5.97 Å². The number of aliphatic hydroxyl groups is 1. The van der Waals surface area contributed by atoms with Crippen LogP contribution in [0.1, 0.15) is 38.4 Å². The number of fused-ring (bicyclic) bond motifs is 1. The molecule has 0 aromatic heterocycles. The van der Waals surface area contributed by atoms with Crippen LogP contribution < -0.4 is 9.47 Å². The zero-order valence-corrected chi connectivity index (χ0v) is 12.8. The molecule has 0 saturated heterocycles. The average Bonchev–Trinajstić information content (AvgIpc) is 2.35. The fourth-order valence-corrected chi connectivity index (χ4v) is 2.73. The van der Waals surface area contributed by atoms with Crippen LogP contribution in [0.5, 0.6) is 11.5 Å². The predicted octanol–water partition coefficient (Wildman–Crippen LogP) is 3.04. The van der Waals surface area contributed by atoms with E-state index in [1.807, 2.05) is 0 Å². The van der Waals surface area contributed by atoms with Gasteiger partial charge < -0.3 is 19.7 Å². The molecule has 1 aliphatic heterocycles. The molecule has 5 nitrogen and oxygen atoms in total. The number of hydrogen-bond acceptors (Lipinski definition) is 4. The number of carboxylic acid groups (broad SMARTS) is 1. The first-order valence-electron chi connectivity index (χ1n) is 6.77. The summed E-state index contributed by atoms with van der Waals surface area (Å²) < 4.78 is 10.9. The zero-order valence-electron chi connectivity index (χ0n) is 12.1. The molecule has 1 heterocycles. The maximum Gasteiger partial charge on any atom is 0.303 e. The normalized spacial score (nSPS) is 15.6. The second-order valence-electron chi connectivity index (χ2n) is 5.97. The van der Waals surface area contributed by atoms with Crippen molar-refractivity contribution in [1.29, 1.82) is 0 Å². The van der Waals surface area contributed by atoms with Crippen LogP contribution in [0.15, 0.2) is 12.1 Å². The van der Waals surface area contributed by atoms with Gasteiger partial charge in [-0.3, -0.25) is 4.79 Å². The van der Waals surface area contributed by atoms with Crippen molar-refractivity contribution in [3.63, 3.8) is 0 Å². The lowest BCUT2D eigenvalue weighted by Gasteiger charge is -2.27. The monoisotopic (exact) mass is 314 g/mol.